The summed E-state index contributed by atoms with van der Waals surface area (Å²) in [6.45, 7) is -0.977. The summed E-state index contributed by atoms with van der Waals surface area (Å²) in [5.41, 5.74) is 0. The maximum Gasteiger partial charge on any atom is 0.322 e. The molecule has 0 heterocycles. The van der Waals surface area contributed by atoms with E-state index in [2.05, 4.69) is 33.9 Å². The molecule has 0 aliphatic carbocycles. The monoisotopic (exact) mass is 362 g/mol. The van der Waals surface area contributed by atoms with Crippen LogP contribution in [-0.2, 0) is 24.0 Å². The van der Waals surface area contributed by atoms with Gasteiger partial charge in [0.2, 0.25) is 23.6 Å². The molecule has 1 atom stereocenters. The largest absolute Gasteiger partial charge is 0.480 e. The highest BCUT2D eigenvalue weighted by molar-refractivity contribution is 7.81. The van der Waals surface area contributed by atoms with Crippen LogP contribution in [0.3, 0.4) is 0 Å². The van der Waals surface area contributed by atoms with Gasteiger partial charge in [0.05, 0.1) is 12.3 Å². The second-order valence-electron chi connectivity index (χ2n) is 4.73. The summed E-state index contributed by atoms with van der Waals surface area (Å²) in [6.07, 6.45) is 0.751. The normalized spacial score (nSPS) is 11.1. The lowest BCUT2D eigenvalue weighted by atomic mass is 10.1. The topological polar surface area (TPSA) is 154 Å². The molecule has 0 radical (unpaired) electrons. The number of hydrogen-bond acceptors (Lipinski definition) is 6. The predicted molar refractivity (Wildman–Crippen MR) is 87.4 cm³/mol. The van der Waals surface area contributed by atoms with Gasteiger partial charge < -0.3 is 26.4 Å². The molecule has 24 heavy (non-hydrogen) atoms. The first-order valence-corrected chi connectivity index (χ1v) is 7.80. The summed E-state index contributed by atoms with van der Waals surface area (Å²) in [4.78, 5) is 56.3. The maximum absolute atomic E-state index is 12.0. The Hall–Kier alpha value is -2.30. The van der Waals surface area contributed by atoms with Crippen LogP contribution in [0.15, 0.2) is 0 Å². The first-order valence-electron chi connectivity index (χ1n) is 7.17. The Morgan fingerprint density at radius 2 is 1.67 bits per heavy atom. The highest BCUT2D eigenvalue weighted by atomic mass is 32.1. The van der Waals surface area contributed by atoms with Gasteiger partial charge in [-0.15, -0.1) is 0 Å². The lowest BCUT2D eigenvalue weighted by Gasteiger charge is -2.17. The van der Waals surface area contributed by atoms with Gasteiger partial charge in [-0.05, 0) is 12.8 Å². The van der Waals surface area contributed by atoms with E-state index in [0.717, 1.165) is 0 Å². The molecule has 0 aromatic carbocycles. The number of carbonyl (C=O) groups is 5. The van der Waals surface area contributed by atoms with Crippen LogP contribution in [-0.4, -0.2) is 66.6 Å². The number of thiol groups is 1. The molecule has 11 heteroatoms. The maximum atomic E-state index is 12.0. The number of aliphatic carboxylic acids is 1. The Kier molecular flexibility index (Phi) is 11.0. The molecule has 1 unspecified atom stereocenters. The van der Waals surface area contributed by atoms with Crippen LogP contribution >= 0.6 is 12.6 Å². The van der Waals surface area contributed by atoms with Gasteiger partial charge in [-0.25, -0.2) is 0 Å². The summed E-state index contributed by atoms with van der Waals surface area (Å²) in [6, 6.07) is -0.915. The number of rotatable bonds is 11. The highest BCUT2D eigenvalue weighted by Gasteiger charge is 2.21. The molecular weight excluding hydrogens is 340 g/mol. The van der Waals surface area contributed by atoms with E-state index in [4.69, 9.17) is 5.11 Å². The van der Waals surface area contributed by atoms with Crippen molar-refractivity contribution in [1.29, 1.82) is 0 Å². The second kappa shape index (κ2) is 12.2. The molecule has 0 saturated carbocycles. The van der Waals surface area contributed by atoms with Crippen LogP contribution in [0, 0.1) is 0 Å². The number of amides is 4. The third-order valence-corrected chi connectivity index (χ3v) is 3.12. The van der Waals surface area contributed by atoms with Crippen molar-refractivity contribution < 1.29 is 29.1 Å². The summed E-state index contributed by atoms with van der Waals surface area (Å²) in [5, 5.41) is 17.7. The zero-order valence-corrected chi connectivity index (χ0v) is 14.2. The summed E-state index contributed by atoms with van der Waals surface area (Å²) in [7, 11) is 1.49. The summed E-state index contributed by atoms with van der Waals surface area (Å²) < 4.78 is 0. The third kappa shape index (κ3) is 10.4. The molecule has 136 valence electrons. The Morgan fingerprint density at radius 1 is 1.00 bits per heavy atom. The van der Waals surface area contributed by atoms with Gasteiger partial charge in [0.15, 0.2) is 0 Å². The van der Waals surface area contributed by atoms with Gasteiger partial charge in [0.25, 0.3) is 0 Å². The number of carbonyl (C=O) groups excluding carboxylic acids is 4. The third-order valence-electron chi connectivity index (χ3n) is 2.83. The van der Waals surface area contributed by atoms with Crippen LogP contribution in [0.2, 0.25) is 0 Å². The quantitative estimate of drug-likeness (QED) is 0.226. The molecule has 0 saturated heterocycles. The van der Waals surface area contributed by atoms with Crippen molar-refractivity contribution in [2.45, 2.75) is 25.3 Å². The van der Waals surface area contributed by atoms with Crippen LogP contribution in [0.4, 0.5) is 0 Å². The van der Waals surface area contributed by atoms with E-state index >= 15 is 0 Å². The van der Waals surface area contributed by atoms with Crippen LogP contribution in [0.25, 0.3) is 0 Å². The smallest absolute Gasteiger partial charge is 0.322 e. The van der Waals surface area contributed by atoms with Crippen LogP contribution in [0.5, 0.6) is 0 Å². The fourth-order valence-electron chi connectivity index (χ4n) is 1.63. The van der Waals surface area contributed by atoms with Gasteiger partial charge in [-0.1, -0.05) is 0 Å². The van der Waals surface area contributed by atoms with Crippen molar-refractivity contribution in [3.8, 4) is 0 Å². The molecule has 4 amide bonds. The number of carboxylic acids is 1. The van der Waals surface area contributed by atoms with Crippen molar-refractivity contribution in [1.82, 2.24) is 21.3 Å². The molecule has 0 spiro atoms. The van der Waals surface area contributed by atoms with Crippen molar-refractivity contribution >= 4 is 42.2 Å². The van der Waals surface area contributed by atoms with Gasteiger partial charge in [0, 0.05) is 13.5 Å². The lowest BCUT2D eigenvalue weighted by Crippen LogP contribution is -2.49. The molecule has 0 aromatic heterocycles. The Labute approximate surface area is 144 Å². The van der Waals surface area contributed by atoms with Gasteiger partial charge >= 0.3 is 5.97 Å². The van der Waals surface area contributed by atoms with E-state index in [1.165, 1.54) is 7.05 Å². The van der Waals surface area contributed by atoms with Crippen molar-refractivity contribution in [2.24, 2.45) is 0 Å². The van der Waals surface area contributed by atoms with Crippen molar-refractivity contribution in [3.05, 3.63) is 0 Å². The fraction of sp³-hybridized carbons (Fsp3) is 0.615. The molecule has 10 nitrogen and oxygen atoms in total. The minimum Gasteiger partial charge on any atom is -0.480 e. The van der Waals surface area contributed by atoms with Gasteiger partial charge in [0.1, 0.15) is 12.6 Å². The first kappa shape index (κ1) is 21.7. The SMILES string of the molecule is CNC(=O)CCCC(NC(=O)CS)C(=O)NCC(=O)NCC(=O)O. The predicted octanol–water partition coefficient (Wildman–Crippen LogP) is -2.37. The molecular formula is C13H22N4O6S. The van der Waals surface area contributed by atoms with Crippen LogP contribution < -0.4 is 21.3 Å². The highest BCUT2D eigenvalue weighted by Crippen LogP contribution is 2.02. The van der Waals surface area contributed by atoms with E-state index < -0.39 is 42.8 Å². The van der Waals surface area contributed by atoms with E-state index in [0.29, 0.717) is 6.42 Å². The number of nitrogens with one attached hydrogen (secondary N) is 4. The first-order chi connectivity index (χ1) is 11.3. The van der Waals surface area contributed by atoms with E-state index in [1.807, 2.05) is 0 Å². The Bertz CT molecular complexity index is 485. The minimum atomic E-state index is -1.21. The van der Waals surface area contributed by atoms with Crippen molar-refractivity contribution in [3.63, 3.8) is 0 Å². The molecule has 0 fully saturated rings. The number of hydrogen-bond donors (Lipinski definition) is 6. The standard InChI is InChI=1S/C13H22N4O6S/c1-14-9(18)4-2-3-8(17-11(20)7-24)13(23)16-5-10(19)15-6-12(21)22/h8,24H,2-7H2,1H3,(H,14,18)(H,15,19)(H,16,23)(H,17,20)(H,21,22). The van der Waals surface area contributed by atoms with Crippen molar-refractivity contribution in [2.75, 3.05) is 25.9 Å². The molecule has 0 aliphatic heterocycles. The molecule has 0 rings (SSSR count). The molecule has 0 aromatic rings. The minimum absolute atomic E-state index is 0.113. The Balaban J connectivity index is 4.44. The number of carboxylic acid groups (broad SMARTS) is 1. The summed E-state index contributed by atoms with van der Waals surface area (Å²) >= 11 is 3.80. The van der Waals surface area contributed by atoms with E-state index in [-0.39, 0.29) is 24.5 Å². The molecule has 5 N–H and O–H groups in total. The fourth-order valence-corrected chi connectivity index (χ4v) is 1.72. The summed E-state index contributed by atoms with van der Waals surface area (Å²) in [5.74, 6) is -3.25. The van der Waals surface area contributed by atoms with Gasteiger partial charge in [-0.3, -0.25) is 24.0 Å². The zero-order chi connectivity index (χ0) is 18.5. The Morgan fingerprint density at radius 3 is 2.21 bits per heavy atom. The van der Waals surface area contributed by atoms with E-state index in [9.17, 15) is 24.0 Å². The van der Waals surface area contributed by atoms with E-state index in [1.54, 1.807) is 0 Å². The van der Waals surface area contributed by atoms with Gasteiger partial charge in [-0.2, -0.15) is 12.6 Å². The second-order valence-corrected chi connectivity index (χ2v) is 5.05. The average Bonchev–Trinajstić information content (AvgIpc) is 2.56. The molecule has 0 bridgehead atoms. The van der Waals surface area contributed by atoms with Crippen LogP contribution in [0.1, 0.15) is 19.3 Å². The lowest BCUT2D eigenvalue weighted by molar-refractivity contribution is -0.138. The average molecular weight is 362 g/mol. The molecule has 0 aliphatic rings. The zero-order valence-electron chi connectivity index (χ0n) is 13.3.